The van der Waals surface area contributed by atoms with Gasteiger partial charge >= 0.3 is 0 Å². The molecule has 17 heavy (non-hydrogen) atoms. The number of halogens is 2. The van der Waals surface area contributed by atoms with E-state index in [0.29, 0.717) is 10.0 Å². The van der Waals surface area contributed by atoms with Gasteiger partial charge in [-0.15, -0.1) is 0 Å². The van der Waals surface area contributed by atoms with Gasteiger partial charge in [0.1, 0.15) is 11.9 Å². The zero-order valence-electron chi connectivity index (χ0n) is 9.32. The molecule has 2 rings (SSSR count). The minimum absolute atomic E-state index is 0.314. The van der Waals surface area contributed by atoms with Gasteiger partial charge in [-0.1, -0.05) is 42.0 Å². The fourth-order valence-corrected chi connectivity index (χ4v) is 2.23. The third kappa shape index (κ3) is 2.56. The van der Waals surface area contributed by atoms with Gasteiger partial charge in [0, 0.05) is 5.56 Å². The van der Waals surface area contributed by atoms with Crippen LogP contribution in [0.5, 0.6) is 0 Å². The van der Waals surface area contributed by atoms with Crippen LogP contribution in [0.1, 0.15) is 22.8 Å². The van der Waals surface area contributed by atoms with Crippen LogP contribution in [0, 0.1) is 12.7 Å². The molecular weight excluding hydrogens is 283 g/mol. The second kappa shape index (κ2) is 4.98. The van der Waals surface area contributed by atoms with Gasteiger partial charge in [0.05, 0.1) is 4.47 Å². The van der Waals surface area contributed by atoms with Crippen LogP contribution in [0.4, 0.5) is 4.39 Å². The molecule has 1 N–H and O–H groups in total. The highest BCUT2D eigenvalue weighted by molar-refractivity contribution is 9.10. The van der Waals surface area contributed by atoms with E-state index in [4.69, 9.17) is 0 Å². The first-order valence-corrected chi connectivity index (χ1v) is 6.07. The fraction of sp³-hybridized carbons (Fsp3) is 0.143. The molecule has 0 aliphatic heterocycles. The summed E-state index contributed by atoms with van der Waals surface area (Å²) in [6, 6.07) is 12.2. The first-order valence-electron chi connectivity index (χ1n) is 5.28. The molecule has 0 aliphatic rings. The Morgan fingerprint density at radius 3 is 2.59 bits per heavy atom. The van der Waals surface area contributed by atoms with Crippen molar-refractivity contribution in [3.05, 3.63) is 69.4 Å². The third-order valence-corrected chi connectivity index (χ3v) is 3.47. The van der Waals surface area contributed by atoms with E-state index < -0.39 is 6.10 Å². The van der Waals surface area contributed by atoms with Crippen LogP contribution < -0.4 is 0 Å². The molecule has 0 spiro atoms. The SMILES string of the molecule is Cc1cccc(C(O)c2cccc(F)c2Br)c1. The summed E-state index contributed by atoms with van der Waals surface area (Å²) < 4.78 is 13.7. The molecule has 0 bridgehead atoms. The summed E-state index contributed by atoms with van der Waals surface area (Å²) in [7, 11) is 0. The highest BCUT2D eigenvalue weighted by Crippen LogP contribution is 2.30. The summed E-state index contributed by atoms with van der Waals surface area (Å²) in [5, 5.41) is 10.2. The Labute approximate surface area is 108 Å². The van der Waals surface area contributed by atoms with Crippen LogP contribution in [0.3, 0.4) is 0 Å². The number of aliphatic hydroxyl groups is 1. The van der Waals surface area contributed by atoms with Crippen LogP contribution in [-0.4, -0.2) is 5.11 Å². The summed E-state index contributed by atoms with van der Waals surface area (Å²) in [5.41, 5.74) is 2.36. The van der Waals surface area contributed by atoms with Crippen LogP contribution >= 0.6 is 15.9 Å². The normalized spacial score (nSPS) is 12.5. The molecule has 0 saturated carbocycles. The van der Waals surface area contributed by atoms with Crippen molar-refractivity contribution < 1.29 is 9.50 Å². The average molecular weight is 295 g/mol. The fourth-order valence-electron chi connectivity index (χ4n) is 1.75. The van der Waals surface area contributed by atoms with Crippen LogP contribution in [0.15, 0.2) is 46.9 Å². The van der Waals surface area contributed by atoms with Gasteiger partial charge < -0.3 is 5.11 Å². The lowest BCUT2D eigenvalue weighted by Crippen LogP contribution is -2.01. The van der Waals surface area contributed by atoms with Gasteiger partial charge in [-0.25, -0.2) is 4.39 Å². The Hall–Kier alpha value is -1.19. The summed E-state index contributed by atoms with van der Waals surface area (Å²) in [6.45, 7) is 1.96. The zero-order chi connectivity index (χ0) is 12.4. The summed E-state index contributed by atoms with van der Waals surface area (Å²) in [5.74, 6) is -0.366. The smallest absolute Gasteiger partial charge is 0.137 e. The van der Waals surface area contributed by atoms with Gasteiger partial charge in [0.2, 0.25) is 0 Å². The molecule has 88 valence electrons. The summed E-state index contributed by atoms with van der Waals surface area (Å²) in [4.78, 5) is 0. The first-order chi connectivity index (χ1) is 8.09. The van der Waals surface area contributed by atoms with Gasteiger partial charge in [0.25, 0.3) is 0 Å². The molecule has 0 radical (unpaired) electrons. The van der Waals surface area contributed by atoms with E-state index in [1.807, 2.05) is 31.2 Å². The topological polar surface area (TPSA) is 20.2 Å². The van der Waals surface area contributed by atoms with Crippen molar-refractivity contribution in [2.75, 3.05) is 0 Å². The molecule has 1 atom stereocenters. The highest BCUT2D eigenvalue weighted by Gasteiger charge is 2.15. The lowest BCUT2D eigenvalue weighted by atomic mass is 10.00. The first kappa shape index (κ1) is 12.3. The van der Waals surface area contributed by atoms with E-state index in [9.17, 15) is 9.50 Å². The second-order valence-corrected chi connectivity index (χ2v) is 4.75. The lowest BCUT2D eigenvalue weighted by molar-refractivity contribution is 0.219. The molecule has 1 unspecified atom stereocenters. The number of hydrogen-bond acceptors (Lipinski definition) is 1. The largest absolute Gasteiger partial charge is 0.384 e. The van der Waals surface area contributed by atoms with Crippen molar-refractivity contribution in [1.29, 1.82) is 0 Å². The van der Waals surface area contributed by atoms with E-state index in [2.05, 4.69) is 15.9 Å². The van der Waals surface area contributed by atoms with Crippen LogP contribution in [0.25, 0.3) is 0 Å². The third-order valence-electron chi connectivity index (χ3n) is 2.63. The summed E-state index contributed by atoms with van der Waals surface area (Å²) >= 11 is 3.16. The van der Waals surface area contributed by atoms with Crippen LogP contribution in [-0.2, 0) is 0 Å². The monoisotopic (exact) mass is 294 g/mol. The Balaban J connectivity index is 2.44. The Kier molecular flexibility index (Phi) is 3.60. The lowest BCUT2D eigenvalue weighted by Gasteiger charge is -2.14. The maximum absolute atomic E-state index is 13.4. The van der Waals surface area contributed by atoms with Gasteiger partial charge in [-0.2, -0.15) is 0 Å². The van der Waals surface area contributed by atoms with E-state index in [1.165, 1.54) is 6.07 Å². The van der Waals surface area contributed by atoms with E-state index in [-0.39, 0.29) is 5.82 Å². The Morgan fingerprint density at radius 2 is 1.88 bits per heavy atom. The molecule has 2 aromatic rings. The molecule has 0 amide bonds. The number of benzene rings is 2. The van der Waals surface area contributed by atoms with Gasteiger partial charge in [-0.3, -0.25) is 0 Å². The number of rotatable bonds is 2. The van der Waals surface area contributed by atoms with E-state index >= 15 is 0 Å². The summed E-state index contributed by atoms with van der Waals surface area (Å²) in [6.07, 6.45) is -0.819. The Bertz CT molecular complexity index is 539. The molecule has 3 heteroatoms. The molecule has 0 aromatic heterocycles. The number of aliphatic hydroxyl groups excluding tert-OH is 1. The van der Waals surface area contributed by atoms with Crippen molar-refractivity contribution in [3.63, 3.8) is 0 Å². The van der Waals surface area contributed by atoms with Crippen molar-refractivity contribution >= 4 is 15.9 Å². The van der Waals surface area contributed by atoms with E-state index in [0.717, 1.165) is 11.1 Å². The molecular formula is C14H12BrFO. The molecule has 0 saturated heterocycles. The van der Waals surface area contributed by atoms with Gasteiger partial charge in [-0.05, 0) is 34.5 Å². The molecule has 2 aromatic carbocycles. The number of aryl methyl sites for hydroxylation is 1. The molecule has 0 aliphatic carbocycles. The molecule has 0 fully saturated rings. The van der Waals surface area contributed by atoms with Crippen molar-refractivity contribution in [2.24, 2.45) is 0 Å². The minimum atomic E-state index is -0.819. The molecule has 0 heterocycles. The maximum Gasteiger partial charge on any atom is 0.137 e. The van der Waals surface area contributed by atoms with Crippen molar-refractivity contribution in [3.8, 4) is 0 Å². The van der Waals surface area contributed by atoms with Crippen molar-refractivity contribution in [2.45, 2.75) is 13.0 Å². The van der Waals surface area contributed by atoms with Gasteiger partial charge in [0.15, 0.2) is 0 Å². The minimum Gasteiger partial charge on any atom is -0.384 e. The number of hydrogen-bond donors (Lipinski definition) is 1. The van der Waals surface area contributed by atoms with E-state index in [1.54, 1.807) is 12.1 Å². The predicted octanol–water partition coefficient (Wildman–Crippen LogP) is 3.98. The maximum atomic E-state index is 13.4. The zero-order valence-corrected chi connectivity index (χ0v) is 10.9. The standard InChI is InChI=1S/C14H12BrFO/c1-9-4-2-5-10(8-9)14(17)11-6-3-7-12(16)13(11)15/h2-8,14,17H,1H3. The van der Waals surface area contributed by atoms with Crippen molar-refractivity contribution in [1.82, 2.24) is 0 Å². The van der Waals surface area contributed by atoms with Crippen LogP contribution in [0.2, 0.25) is 0 Å². The molecule has 1 nitrogen and oxygen atoms in total. The second-order valence-electron chi connectivity index (χ2n) is 3.96. The Morgan fingerprint density at radius 1 is 1.18 bits per heavy atom. The highest BCUT2D eigenvalue weighted by atomic mass is 79.9. The predicted molar refractivity (Wildman–Crippen MR) is 69.3 cm³/mol. The quantitative estimate of drug-likeness (QED) is 0.888. The average Bonchev–Trinajstić information content (AvgIpc) is 2.32.